The lowest BCUT2D eigenvalue weighted by atomic mass is 10.1. The molecule has 0 N–H and O–H groups in total. The van der Waals surface area contributed by atoms with E-state index in [1.165, 1.54) is 5.56 Å². The average Bonchev–Trinajstić information content (AvgIpc) is 3.18. The standard InChI is InChI=1S/C26H26N4O3/c1-18(8-9-19-6-4-3-5-7-19)33-25-15-22(12-13-24(25)32-2)30-17-21-11-10-20(16-28-29-27)14-23(21)26(30)31/h3-7,10-15,18H,8-9,16-17H2,1-2H3. The number of hydrogen-bond acceptors (Lipinski definition) is 4. The molecule has 168 valence electrons. The number of amides is 1. The fourth-order valence-electron chi connectivity index (χ4n) is 3.98. The predicted octanol–water partition coefficient (Wildman–Crippen LogP) is 6.07. The van der Waals surface area contributed by atoms with Crippen LogP contribution in [-0.2, 0) is 19.5 Å². The van der Waals surface area contributed by atoms with Crippen molar-refractivity contribution in [2.75, 3.05) is 12.0 Å². The highest BCUT2D eigenvalue weighted by atomic mass is 16.5. The number of rotatable bonds is 9. The van der Waals surface area contributed by atoms with Gasteiger partial charge in [-0.1, -0.05) is 47.6 Å². The van der Waals surface area contributed by atoms with Crippen molar-refractivity contribution < 1.29 is 14.3 Å². The van der Waals surface area contributed by atoms with E-state index in [9.17, 15) is 4.79 Å². The smallest absolute Gasteiger partial charge is 0.258 e. The average molecular weight is 443 g/mol. The van der Waals surface area contributed by atoms with E-state index >= 15 is 0 Å². The summed E-state index contributed by atoms with van der Waals surface area (Å²) in [5, 5.41) is 3.59. The van der Waals surface area contributed by atoms with Gasteiger partial charge in [-0.3, -0.25) is 4.79 Å². The Bertz CT molecular complexity index is 1190. The molecule has 0 aromatic heterocycles. The molecule has 3 aromatic rings. The van der Waals surface area contributed by atoms with Gasteiger partial charge in [-0.05, 0) is 60.2 Å². The first-order valence-electron chi connectivity index (χ1n) is 10.9. The third kappa shape index (κ3) is 5.10. The molecular weight excluding hydrogens is 416 g/mol. The molecule has 3 aromatic carbocycles. The van der Waals surface area contributed by atoms with E-state index in [1.54, 1.807) is 18.1 Å². The van der Waals surface area contributed by atoms with E-state index < -0.39 is 0 Å². The zero-order valence-corrected chi connectivity index (χ0v) is 18.8. The molecule has 1 heterocycles. The summed E-state index contributed by atoms with van der Waals surface area (Å²) in [6.45, 7) is 2.74. The molecule has 1 amide bonds. The molecule has 1 unspecified atom stereocenters. The van der Waals surface area contributed by atoms with Gasteiger partial charge in [0.25, 0.3) is 5.91 Å². The number of carbonyl (C=O) groups is 1. The van der Waals surface area contributed by atoms with Crippen LogP contribution in [0.2, 0.25) is 0 Å². The summed E-state index contributed by atoms with van der Waals surface area (Å²) in [5.41, 5.74) is 13.0. The van der Waals surface area contributed by atoms with Crippen LogP contribution in [0.4, 0.5) is 5.69 Å². The van der Waals surface area contributed by atoms with Gasteiger partial charge in [0.1, 0.15) is 0 Å². The van der Waals surface area contributed by atoms with Crippen molar-refractivity contribution >= 4 is 11.6 Å². The first-order valence-corrected chi connectivity index (χ1v) is 10.9. The van der Waals surface area contributed by atoms with Gasteiger partial charge in [0.2, 0.25) is 0 Å². The maximum Gasteiger partial charge on any atom is 0.258 e. The largest absolute Gasteiger partial charge is 0.493 e. The quantitative estimate of drug-likeness (QED) is 0.229. The lowest BCUT2D eigenvalue weighted by Crippen LogP contribution is -2.23. The number of benzene rings is 3. The van der Waals surface area contributed by atoms with Crippen LogP contribution in [-0.4, -0.2) is 19.1 Å². The second-order valence-corrected chi connectivity index (χ2v) is 8.06. The molecular formula is C26H26N4O3. The minimum atomic E-state index is -0.0824. The Hall–Kier alpha value is -3.96. The highest BCUT2D eigenvalue weighted by Crippen LogP contribution is 2.36. The Kier molecular flexibility index (Phi) is 6.81. The predicted molar refractivity (Wildman–Crippen MR) is 128 cm³/mol. The second kappa shape index (κ2) is 10.1. The normalized spacial score (nSPS) is 13.3. The third-order valence-electron chi connectivity index (χ3n) is 5.76. The van der Waals surface area contributed by atoms with Gasteiger partial charge in [-0.15, -0.1) is 0 Å². The van der Waals surface area contributed by atoms with Crippen molar-refractivity contribution in [1.29, 1.82) is 0 Å². The van der Waals surface area contributed by atoms with Crippen molar-refractivity contribution in [3.8, 4) is 11.5 Å². The summed E-state index contributed by atoms with van der Waals surface area (Å²) in [6.07, 6.45) is 1.76. The van der Waals surface area contributed by atoms with Crippen LogP contribution >= 0.6 is 0 Å². The first-order chi connectivity index (χ1) is 16.1. The molecule has 1 aliphatic heterocycles. The lowest BCUT2D eigenvalue weighted by Gasteiger charge is -2.21. The maximum atomic E-state index is 13.1. The number of hydrogen-bond donors (Lipinski definition) is 0. The van der Waals surface area contributed by atoms with Crippen LogP contribution in [0.1, 0.15) is 40.4 Å². The van der Waals surface area contributed by atoms with Crippen LogP contribution in [0.15, 0.2) is 71.8 Å². The zero-order chi connectivity index (χ0) is 23.2. The van der Waals surface area contributed by atoms with Gasteiger partial charge in [-0.2, -0.15) is 0 Å². The first kappa shape index (κ1) is 22.2. The molecule has 1 atom stereocenters. The van der Waals surface area contributed by atoms with Crippen molar-refractivity contribution in [3.63, 3.8) is 0 Å². The van der Waals surface area contributed by atoms with E-state index in [0.717, 1.165) is 29.7 Å². The number of aryl methyl sites for hydroxylation is 1. The fraction of sp³-hybridized carbons (Fsp3) is 0.269. The SMILES string of the molecule is COc1ccc(N2Cc3ccc(CN=[N+]=[N-])cc3C2=O)cc1OC(C)CCc1ccccc1. The lowest BCUT2D eigenvalue weighted by molar-refractivity contribution is 0.0996. The van der Waals surface area contributed by atoms with Crippen molar-refractivity contribution in [3.05, 3.63) is 99.4 Å². The molecule has 1 aliphatic rings. The highest BCUT2D eigenvalue weighted by Gasteiger charge is 2.29. The zero-order valence-electron chi connectivity index (χ0n) is 18.8. The van der Waals surface area contributed by atoms with Gasteiger partial charge >= 0.3 is 0 Å². The van der Waals surface area contributed by atoms with Gasteiger partial charge < -0.3 is 14.4 Å². The van der Waals surface area contributed by atoms with Crippen molar-refractivity contribution in [1.82, 2.24) is 0 Å². The Morgan fingerprint density at radius 3 is 2.64 bits per heavy atom. The summed E-state index contributed by atoms with van der Waals surface area (Å²) in [4.78, 5) is 17.6. The molecule has 0 aliphatic carbocycles. The van der Waals surface area contributed by atoms with Crippen LogP contribution in [0.3, 0.4) is 0 Å². The minimum Gasteiger partial charge on any atom is -0.493 e. The van der Waals surface area contributed by atoms with Gasteiger partial charge in [-0.25, -0.2) is 0 Å². The summed E-state index contributed by atoms with van der Waals surface area (Å²) in [5.74, 6) is 1.16. The monoisotopic (exact) mass is 442 g/mol. The van der Waals surface area contributed by atoms with Crippen LogP contribution in [0, 0.1) is 0 Å². The molecule has 0 radical (unpaired) electrons. The summed E-state index contributed by atoms with van der Waals surface area (Å²) >= 11 is 0. The minimum absolute atomic E-state index is 0.0240. The Morgan fingerprint density at radius 2 is 1.88 bits per heavy atom. The number of carbonyl (C=O) groups excluding carboxylic acids is 1. The molecule has 33 heavy (non-hydrogen) atoms. The molecule has 7 heteroatoms. The topological polar surface area (TPSA) is 87.5 Å². The van der Waals surface area contributed by atoms with Crippen LogP contribution < -0.4 is 14.4 Å². The Balaban J connectivity index is 1.50. The maximum absolute atomic E-state index is 13.1. The van der Waals surface area contributed by atoms with Gasteiger partial charge in [0.15, 0.2) is 11.5 Å². The molecule has 0 fully saturated rings. The molecule has 7 nitrogen and oxygen atoms in total. The van der Waals surface area contributed by atoms with Crippen LogP contribution in [0.25, 0.3) is 10.4 Å². The van der Waals surface area contributed by atoms with E-state index in [-0.39, 0.29) is 18.6 Å². The highest BCUT2D eigenvalue weighted by molar-refractivity contribution is 6.10. The van der Waals surface area contributed by atoms with E-state index in [1.807, 2.05) is 55.5 Å². The second-order valence-electron chi connectivity index (χ2n) is 8.06. The molecule has 0 saturated heterocycles. The fourth-order valence-corrected chi connectivity index (χ4v) is 3.98. The number of methoxy groups -OCH3 is 1. The van der Waals surface area contributed by atoms with E-state index in [0.29, 0.717) is 23.6 Å². The summed E-state index contributed by atoms with van der Waals surface area (Å²) in [7, 11) is 1.61. The third-order valence-corrected chi connectivity index (χ3v) is 5.76. The number of ether oxygens (including phenoxy) is 2. The molecule has 0 saturated carbocycles. The molecule has 0 spiro atoms. The van der Waals surface area contributed by atoms with Crippen molar-refractivity contribution in [2.45, 2.75) is 39.0 Å². The molecule has 4 rings (SSSR count). The Labute approximate surface area is 193 Å². The molecule has 0 bridgehead atoms. The van der Waals surface area contributed by atoms with Crippen LogP contribution in [0.5, 0.6) is 11.5 Å². The Morgan fingerprint density at radius 1 is 1.06 bits per heavy atom. The summed E-state index contributed by atoms with van der Waals surface area (Å²) in [6, 6.07) is 21.5. The van der Waals surface area contributed by atoms with Crippen molar-refractivity contribution in [2.24, 2.45) is 5.11 Å². The number of fused-ring (bicyclic) bond motifs is 1. The van der Waals surface area contributed by atoms with E-state index in [4.69, 9.17) is 15.0 Å². The number of nitrogens with zero attached hydrogens (tertiary/aromatic N) is 4. The van der Waals surface area contributed by atoms with Gasteiger partial charge in [0, 0.05) is 22.2 Å². The summed E-state index contributed by atoms with van der Waals surface area (Å²) < 4.78 is 11.7. The number of azide groups is 1. The van der Waals surface area contributed by atoms with E-state index in [2.05, 4.69) is 22.2 Å². The van der Waals surface area contributed by atoms with Gasteiger partial charge in [0.05, 0.1) is 26.3 Å². The number of anilines is 1.